The van der Waals surface area contributed by atoms with Crippen molar-refractivity contribution in [3.05, 3.63) is 59.7 Å². The third-order valence-electron chi connectivity index (χ3n) is 7.52. The van der Waals surface area contributed by atoms with Gasteiger partial charge in [-0.05, 0) is 48.4 Å². The second-order valence-electron chi connectivity index (χ2n) is 9.88. The van der Waals surface area contributed by atoms with Crippen LogP contribution in [0.5, 0.6) is 0 Å². The van der Waals surface area contributed by atoms with E-state index in [1.54, 1.807) is 0 Å². The Kier molecular flexibility index (Phi) is 7.43. The summed E-state index contributed by atoms with van der Waals surface area (Å²) >= 11 is 0. The number of hydrogen-bond acceptors (Lipinski definition) is 4. The summed E-state index contributed by atoms with van der Waals surface area (Å²) in [4.78, 5) is 37.1. The average molecular weight is 479 g/mol. The van der Waals surface area contributed by atoms with E-state index in [9.17, 15) is 14.4 Å². The SMILES string of the molecule is CC[C@@H](CC(=O)O)NC(=O)C1CCCCC1(C)NC(=O)OCC1c2ccccc2-c2ccccc21. The van der Waals surface area contributed by atoms with Gasteiger partial charge in [0.15, 0.2) is 0 Å². The number of rotatable bonds is 8. The van der Waals surface area contributed by atoms with Crippen molar-refractivity contribution in [2.45, 2.75) is 69.9 Å². The van der Waals surface area contributed by atoms with Gasteiger partial charge in [0.25, 0.3) is 0 Å². The fourth-order valence-corrected chi connectivity index (χ4v) is 5.58. The van der Waals surface area contributed by atoms with Gasteiger partial charge in [0.05, 0.1) is 17.9 Å². The molecule has 2 aliphatic rings. The summed E-state index contributed by atoms with van der Waals surface area (Å²) in [5, 5.41) is 15.0. The van der Waals surface area contributed by atoms with Gasteiger partial charge in [-0.25, -0.2) is 4.79 Å². The summed E-state index contributed by atoms with van der Waals surface area (Å²) in [5.74, 6) is -1.63. The second kappa shape index (κ2) is 10.5. The largest absolute Gasteiger partial charge is 0.481 e. The third-order valence-corrected chi connectivity index (χ3v) is 7.52. The molecule has 1 saturated carbocycles. The molecule has 0 saturated heterocycles. The first kappa shape index (κ1) is 24.8. The number of ether oxygens (including phenoxy) is 1. The van der Waals surface area contributed by atoms with E-state index in [4.69, 9.17) is 9.84 Å². The Balaban J connectivity index is 1.42. The molecule has 0 radical (unpaired) electrons. The van der Waals surface area contributed by atoms with E-state index in [1.165, 1.54) is 11.1 Å². The molecule has 7 nitrogen and oxygen atoms in total. The number of carboxylic acid groups (broad SMARTS) is 1. The minimum atomic E-state index is -0.944. The minimum absolute atomic E-state index is 0.0345. The standard InChI is InChI=1S/C28H34N2O5/c1-3-18(16-25(31)32)29-26(33)24-14-8-9-15-28(24,2)30-27(34)35-17-23-21-12-6-4-10-19(21)20-11-5-7-13-22(20)23/h4-7,10-13,18,23-24H,3,8-9,14-17H2,1-2H3,(H,29,33)(H,30,34)(H,31,32)/t18-,24?,28?/m0/s1. The van der Waals surface area contributed by atoms with Gasteiger partial charge in [-0.15, -0.1) is 0 Å². The van der Waals surface area contributed by atoms with Crippen LogP contribution < -0.4 is 10.6 Å². The molecule has 0 aromatic heterocycles. The van der Waals surface area contributed by atoms with E-state index in [0.29, 0.717) is 19.3 Å². The first-order valence-electron chi connectivity index (χ1n) is 12.5. The lowest BCUT2D eigenvalue weighted by atomic mass is 9.73. The fourth-order valence-electron chi connectivity index (χ4n) is 5.58. The fraction of sp³-hybridized carbons (Fsp3) is 0.464. The van der Waals surface area contributed by atoms with Gasteiger partial charge in [-0.3, -0.25) is 9.59 Å². The first-order valence-corrected chi connectivity index (χ1v) is 12.5. The van der Waals surface area contributed by atoms with Gasteiger partial charge in [-0.1, -0.05) is 68.3 Å². The number of carbonyl (C=O) groups is 3. The summed E-state index contributed by atoms with van der Waals surface area (Å²) in [6, 6.07) is 15.9. The van der Waals surface area contributed by atoms with Gasteiger partial charge >= 0.3 is 12.1 Å². The zero-order chi connectivity index (χ0) is 25.0. The molecule has 7 heteroatoms. The predicted molar refractivity (Wildman–Crippen MR) is 133 cm³/mol. The van der Waals surface area contributed by atoms with Crippen LogP contribution in [0, 0.1) is 5.92 Å². The van der Waals surface area contributed by atoms with Crippen LogP contribution in [0.2, 0.25) is 0 Å². The highest BCUT2D eigenvalue weighted by atomic mass is 16.5. The number of fused-ring (bicyclic) bond motifs is 3. The highest BCUT2D eigenvalue weighted by Gasteiger charge is 2.43. The highest BCUT2D eigenvalue weighted by Crippen LogP contribution is 2.44. The molecule has 2 aromatic carbocycles. The molecule has 4 rings (SSSR count). The van der Waals surface area contributed by atoms with E-state index >= 15 is 0 Å². The first-order chi connectivity index (χ1) is 16.8. The molecule has 2 unspecified atom stereocenters. The lowest BCUT2D eigenvalue weighted by Gasteiger charge is -2.41. The third kappa shape index (κ3) is 5.34. The lowest BCUT2D eigenvalue weighted by molar-refractivity contribution is -0.138. The minimum Gasteiger partial charge on any atom is -0.481 e. The van der Waals surface area contributed by atoms with Crippen LogP contribution >= 0.6 is 0 Å². The Morgan fingerprint density at radius 3 is 2.29 bits per heavy atom. The zero-order valence-electron chi connectivity index (χ0n) is 20.4. The number of alkyl carbamates (subject to hydrolysis) is 1. The monoisotopic (exact) mass is 478 g/mol. The lowest BCUT2D eigenvalue weighted by Crippen LogP contribution is -2.58. The van der Waals surface area contributed by atoms with Crippen molar-refractivity contribution < 1.29 is 24.2 Å². The highest BCUT2D eigenvalue weighted by molar-refractivity contribution is 5.82. The number of nitrogens with one attached hydrogen (secondary N) is 2. The van der Waals surface area contributed by atoms with Crippen molar-refractivity contribution in [2.75, 3.05) is 6.61 Å². The van der Waals surface area contributed by atoms with Crippen molar-refractivity contribution in [2.24, 2.45) is 5.92 Å². The van der Waals surface area contributed by atoms with Crippen LogP contribution in [-0.2, 0) is 14.3 Å². The van der Waals surface area contributed by atoms with Gasteiger partial charge in [0, 0.05) is 12.0 Å². The van der Waals surface area contributed by atoms with E-state index in [-0.39, 0.29) is 24.9 Å². The predicted octanol–water partition coefficient (Wildman–Crippen LogP) is 4.84. The number of carbonyl (C=O) groups excluding carboxylic acids is 2. The van der Waals surface area contributed by atoms with Gasteiger partial charge < -0.3 is 20.5 Å². The van der Waals surface area contributed by atoms with Crippen molar-refractivity contribution in [3.8, 4) is 11.1 Å². The number of amides is 2. The van der Waals surface area contributed by atoms with Crippen molar-refractivity contribution in [3.63, 3.8) is 0 Å². The molecule has 0 bridgehead atoms. The number of carboxylic acids is 1. The smallest absolute Gasteiger partial charge is 0.407 e. The summed E-state index contributed by atoms with van der Waals surface area (Å²) in [6.07, 6.45) is 2.95. The van der Waals surface area contributed by atoms with Gasteiger partial charge in [-0.2, -0.15) is 0 Å². The summed E-state index contributed by atoms with van der Waals surface area (Å²) in [6.45, 7) is 3.95. The topological polar surface area (TPSA) is 105 Å². The maximum atomic E-state index is 13.1. The average Bonchev–Trinajstić information content (AvgIpc) is 3.15. The van der Waals surface area contributed by atoms with Crippen molar-refractivity contribution in [1.82, 2.24) is 10.6 Å². The van der Waals surface area contributed by atoms with Crippen LogP contribution in [0.25, 0.3) is 11.1 Å². The molecule has 0 aliphatic heterocycles. The Hall–Kier alpha value is -3.35. The Bertz CT molecular complexity index is 1050. The molecule has 0 heterocycles. The second-order valence-corrected chi connectivity index (χ2v) is 9.88. The number of hydrogen-bond donors (Lipinski definition) is 3. The molecule has 0 spiro atoms. The summed E-state index contributed by atoms with van der Waals surface area (Å²) in [7, 11) is 0. The Morgan fingerprint density at radius 1 is 1.06 bits per heavy atom. The quantitative estimate of drug-likeness (QED) is 0.503. The molecule has 2 aromatic rings. The van der Waals surface area contributed by atoms with E-state index < -0.39 is 29.6 Å². The van der Waals surface area contributed by atoms with Crippen LogP contribution in [0.1, 0.15) is 69.4 Å². The molecule has 3 atom stereocenters. The van der Waals surface area contributed by atoms with Gasteiger partial charge in [0.1, 0.15) is 6.61 Å². The molecular weight excluding hydrogens is 444 g/mol. The van der Waals surface area contributed by atoms with Crippen molar-refractivity contribution >= 4 is 18.0 Å². The molecule has 186 valence electrons. The molecule has 2 amide bonds. The molecule has 3 N–H and O–H groups in total. The van der Waals surface area contributed by atoms with Crippen LogP contribution in [0.15, 0.2) is 48.5 Å². The van der Waals surface area contributed by atoms with E-state index in [2.05, 4.69) is 34.9 Å². The Morgan fingerprint density at radius 2 is 1.69 bits per heavy atom. The van der Waals surface area contributed by atoms with Crippen LogP contribution in [0.3, 0.4) is 0 Å². The molecule has 1 fully saturated rings. The maximum absolute atomic E-state index is 13.1. The van der Waals surface area contributed by atoms with E-state index in [1.807, 2.05) is 38.1 Å². The number of aliphatic carboxylic acids is 1. The Labute approximate surface area is 206 Å². The molecule has 35 heavy (non-hydrogen) atoms. The van der Waals surface area contributed by atoms with Crippen molar-refractivity contribution in [1.29, 1.82) is 0 Å². The maximum Gasteiger partial charge on any atom is 0.407 e. The number of benzene rings is 2. The zero-order valence-corrected chi connectivity index (χ0v) is 20.4. The molecule has 2 aliphatic carbocycles. The normalized spacial score (nSPS) is 21.9. The molecular formula is C28H34N2O5. The summed E-state index contributed by atoms with van der Waals surface area (Å²) in [5.41, 5.74) is 3.87. The van der Waals surface area contributed by atoms with Gasteiger partial charge in [0.2, 0.25) is 5.91 Å². The summed E-state index contributed by atoms with van der Waals surface area (Å²) < 4.78 is 5.73. The van der Waals surface area contributed by atoms with Crippen LogP contribution in [0.4, 0.5) is 4.79 Å². The van der Waals surface area contributed by atoms with E-state index in [0.717, 1.165) is 24.0 Å². The van der Waals surface area contributed by atoms with Crippen LogP contribution in [-0.4, -0.2) is 41.3 Å².